The Morgan fingerprint density at radius 2 is 0.980 bits per heavy atom. The van der Waals surface area contributed by atoms with E-state index in [0.29, 0.717) is 17.5 Å². The smallest absolute Gasteiger partial charge is 0.164 e. The zero-order valence-electron chi connectivity index (χ0n) is 26.9. The van der Waals surface area contributed by atoms with Crippen molar-refractivity contribution >= 4 is 43.7 Å². The largest absolute Gasteiger partial charge is 0.455 e. The molecule has 0 aliphatic rings. The van der Waals surface area contributed by atoms with Crippen LogP contribution >= 0.6 is 0 Å². The van der Waals surface area contributed by atoms with Gasteiger partial charge < -0.3 is 8.98 Å². The number of para-hydroxylation sites is 3. The van der Waals surface area contributed by atoms with Crippen molar-refractivity contribution in [2.75, 3.05) is 0 Å². The van der Waals surface area contributed by atoms with Gasteiger partial charge in [-0.25, -0.2) is 15.0 Å². The standard InChI is InChI=1S/C45H28N4O/c1-4-14-29(15-5-1)43-46-44(30-16-6-2-7-17-30)48-45(47-43)36-23-13-25-40-41(36)35-22-12-21-33(42(35)50-40)31-26-27-39-37(28-31)34-20-10-11-24-38(34)49(39)32-18-8-3-9-19-32/h1-28H. The van der Waals surface area contributed by atoms with E-state index in [2.05, 4.69) is 102 Å². The van der Waals surface area contributed by atoms with Crippen molar-refractivity contribution < 1.29 is 4.42 Å². The van der Waals surface area contributed by atoms with E-state index >= 15 is 0 Å². The molecule has 0 aliphatic carbocycles. The van der Waals surface area contributed by atoms with Gasteiger partial charge in [0, 0.05) is 49.5 Å². The van der Waals surface area contributed by atoms with Crippen molar-refractivity contribution in [1.29, 1.82) is 0 Å². The van der Waals surface area contributed by atoms with Gasteiger partial charge in [-0.2, -0.15) is 0 Å². The van der Waals surface area contributed by atoms with Gasteiger partial charge in [0.1, 0.15) is 11.2 Å². The van der Waals surface area contributed by atoms with Crippen LogP contribution in [0.3, 0.4) is 0 Å². The topological polar surface area (TPSA) is 56.7 Å². The Morgan fingerprint density at radius 3 is 1.72 bits per heavy atom. The van der Waals surface area contributed by atoms with E-state index in [9.17, 15) is 0 Å². The second-order valence-corrected chi connectivity index (χ2v) is 12.4. The van der Waals surface area contributed by atoms with Crippen molar-refractivity contribution in [2.24, 2.45) is 0 Å². The average molecular weight is 641 g/mol. The first kappa shape index (κ1) is 28.2. The number of aromatic nitrogens is 4. The van der Waals surface area contributed by atoms with Crippen molar-refractivity contribution in [3.63, 3.8) is 0 Å². The summed E-state index contributed by atoms with van der Waals surface area (Å²) in [6.45, 7) is 0. The number of rotatable bonds is 5. The molecule has 3 aromatic heterocycles. The fraction of sp³-hybridized carbons (Fsp3) is 0. The molecule has 5 nitrogen and oxygen atoms in total. The van der Waals surface area contributed by atoms with Crippen LogP contribution in [-0.4, -0.2) is 19.5 Å². The lowest BCUT2D eigenvalue weighted by Crippen LogP contribution is -2.00. The molecular formula is C45H28N4O. The Morgan fingerprint density at radius 1 is 0.400 bits per heavy atom. The minimum Gasteiger partial charge on any atom is -0.455 e. The highest BCUT2D eigenvalue weighted by Gasteiger charge is 2.20. The minimum absolute atomic E-state index is 0.603. The van der Waals surface area contributed by atoms with E-state index in [0.717, 1.165) is 55.4 Å². The number of hydrogen-bond acceptors (Lipinski definition) is 4. The molecule has 0 bridgehead atoms. The molecule has 50 heavy (non-hydrogen) atoms. The van der Waals surface area contributed by atoms with Crippen LogP contribution in [0.15, 0.2) is 174 Å². The lowest BCUT2D eigenvalue weighted by Gasteiger charge is -2.09. The quantitative estimate of drug-likeness (QED) is 0.188. The Labute approximate surface area is 287 Å². The second-order valence-electron chi connectivity index (χ2n) is 12.4. The predicted octanol–water partition coefficient (Wildman–Crippen LogP) is 11.5. The highest BCUT2D eigenvalue weighted by atomic mass is 16.3. The second kappa shape index (κ2) is 11.4. The maximum atomic E-state index is 6.73. The number of nitrogens with zero attached hydrogens (tertiary/aromatic N) is 4. The molecule has 5 heteroatoms. The maximum absolute atomic E-state index is 6.73. The summed E-state index contributed by atoms with van der Waals surface area (Å²) in [5.74, 6) is 1.86. The Kier molecular flexibility index (Phi) is 6.42. The van der Waals surface area contributed by atoms with Crippen molar-refractivity contribution in [3.05, 3.63) is 170 Å². The van der Waals surface area contributed by atoms with Gasteiger partial charge in [-0.05, 0) is 42.0 Å². The fourth-order valence-electron chi connectivity index (χ4n) is 7.19. The summed E-state index contributed by atoms with van der Waals surface area (Å²) in [7, 11) is 0. The molecule has 0 saturated carbocycles. The normalized spacial score (nSPS) is 11.6. The molecule has 0 fully saturated rings. The molecule has 0 radical (unpaired) electrons. The number of hydrogen-bond donors (Lipinski definition) is 0. The van der Waals surface area contributed by atoms with Crippen LogP contribution in [0.5, 0.6) is 0 Å². The van der Waals surface area contributed by atoms with Crippen molar-refractivity contribution in [2.45, 2.75) is 0 Å². The van der Waals surface area contributed by atoms with Crippen LogP contribution in [0, 0.1) is 0 Å². The van der Waals surface area contributed by atoms with Crippen LogP contribution in [0.25, 0.3) is 94.7 Å². The number of benzene rings is 7. The molecule has 10 rings (SSSR count). The highest BCUT2D eigenvalue weighted by molar-refractivity contribution is 6.16. The SMILES string of the molecule is c1ccc(-c2nc(-c3ccccc3)nc(-c3cccc4oc5c(-c6ccc7c(c6)c6ccccc6n7-c6ccccc6)cccc5c34)n2)cc1. The number of furan rings is 1. The molecular weight excluding hydrogens is 613 g/mol. The molecule has 7 aromatic carbocycles. The maximum Gasteiger partial charge on any atom is 0.164 e. The molecule has 0 unspecified atom stereocenters. The van der Waals surface area contributed by atoms with Gasteiger partial charge in [0.15, 0.2) is 17.5 Å². The molecule has 0 aliphatic heterocycles. The number of fused-ring (bicyclic) bond motifs is 6. The molecule has 10 aromatic rings. The third kappa shape index (κ3) is 4.52. The zero-order valence-corrected chi connectivity index (χ0v) is 26.9. The zero-order chi connectivity index (χ0) is 33.0. The Bertz CT molecular complexity index is 2800. The van der Waals surface area contributed by atoms with Crippen LogP contribution in [0.2, 0.25) is 0 Å². The van der Waals surface area contributed by atoms with Crippen LogP contribution < -0.4 is 0 Å². The summed E-state index contributed by atoms with van der Waals surface area (Å²) in [6.07, 6.45) is 0. The molecule has 0 spiro atoms. The lowest BCUT2D eigenvalue weighted by molar-refractivity contribution is 0.670. The summed E-state index contributed by atoms with van der Waals surface area (Å²) in [5.41, 5.74) is 10.0. The third-order valence-electron chi connectivity index (χ3n) is 9.46. The first-order chi connectivity index (χ1) is 24.8. The van der Waals surface area contributed by atoms with Gasteiger partial charge in [0.05, 0.1) is 11.0 Å². The minimum atomic E-state index is 0.603. The molecule has 0 atom stereocenters. The van der Waals surface area contributed by atoms with E-state index in [1.165, 1.54) is 21.8 Å². The van der Waals surface area contributed by atoms with E-state index in [1.807, 2.05) is 72.8 Å². The Hall–Kier alpha value is -6.85. The first-order valence-corrected chi connectivity index (χ1v) is 16.7. The first-order valence-electron chi connectivity index (χ1n) is 16.7. The molecule has 0 saturated heterocycles. The molecule has 3 heterocycles. The van der Waals surface area contributed by atoms with Gasteiger partial charge in [-0.1, -0.05) is 133 Å². The van der Waals surface area contributed by atoms with Gasteiger partial charge >= 0.3 is 0 Å². The predicted molar refractivity (Wildman–Crippen MR) is 203 cm³/mol. The molecule has 234 valence electrons. The fourth-order valence-corrected chi connectivity index (χ4v) is 7.19. The molecule has 0 N–H and O–H groups in total. The summed E-state index contributed by atoms with van der Waals surface area (Å²) in [4.78, 5) is 15.0. The van der Waals surface area contributed by atoms with Crippen LogP contribution in [0.1, 0.15) is 0 Å². The van der Waals surface area contributed by atoms with E-state index in [1.54, 1.807) is 0 Å². The van der Waals surface area contributed by atoms with Gasteiger partial charge in [0.2, 0.25) is 0 Å². The van der Waals surface area contributed by atoms with Gasteiger partial charge in [0.25, 0.3) is 0 Å². The summed E-state index contributed by atoms with van der Waals surface area (Å²) in [5, 5.41) is 4.41. The summed E-state index contributed by atoms with van der Waals surface area (Å²) in [6, 6.07) is 58.5. The summed E-state index contributed by atoms with van der Waals surface area (Å²) < 4.78 is 9.07. The summed E-state index contributed by atoms with van der Waals surface area (Å²) >= 11 is 0. The van der Waals surface area contributed by atoms with Crippen molar-refractivity contribution in [3.8, 4) is 51.0 Å². The average Bonchev–Trinajstić information content (AvgIpc) is 3.74. The van der Waals surface area contributed by atoms with Crippen LogP contribution in [-0.2, 0) is 0 Å². The van der Waals surface area contributed by atoms with Gasteiger partial charge in [-0.3, -0.25) is 0 Å². The monoisotopic (exact) mass is 640 g/mol. The third-order valence-corrected chi connectivity index (χ3v) is 9.46. The van der Waals surface area contributed by atoms with E-state index in [-0.39, 0.29) is 0 Å². The van der Waals surface area contributed by atoms with E-state index in [4.69, 9.17) is 19.4 Å². The van der Waals surface area contributed by atoms with E-state index < -0.39 is 0 Å². The lowest BCUT2D eigenvalue weighted by atomic mass is 9.99. The molecule has 0 amide bonds. The highest BCUT2D eigenvalue weighted by Crippen LogP contribution is 2.42. The Balaban J connectivity index is 1.18. The van der Waals surface area contributed by atoms with Crippen molar-refractivity contribution in [1.82, 2.24) is 19.5 Å². The van der Waals surface area contributed by atoms with Gasteiger partial charge in [-0.15, -0.1) is 0 Å². The van der Waals surface area contributed by atoms with Crippen LogP contribution in [0.4, 0.5) is 0 Å².